The summed E-state index contributed by atoms with van der Waals surface area (Å²) in [6.07, 6.45) is 1.57. The molecule has 2 heterocycles. The number of rotatable bonds is 3. The Morgan fingerprint density at radius 2 is 1.85 bits per heavy atom. The first-order valence-electron chi connectivity index (χ1n) is 8.79. The Labute approximate surface area is 157 Å². The first kappa shape index (κ1) is 17.1. The number of carbonyl (C=O) groups excluding carboxylic acids is 1. The fourth-order valence-electron chi connectivity index (χ4n) is 3.81. The Balaban J connectivity index is 1.52. The third-order valence-electron chi connectivity index (χ3n) is 5.36. The number of halogens is 1. The van der Waals surface area contributed by atoms with Crippen LogP contribution in [0.2, 0.25) is 5.02 Å². The molecule has 26 heavy (non-hydrogen) atoms. The molecule has 0 aliphatic carbocycles. The zero-order valence-corrected chi connectivity index (χ0v) is 15.4. The van der Waals surface area contributed by atoms with E-state index < -0.39 is 0 Å². The van der Waals surface area contributed by atoms with E-state index in [4.69, 9.17) is 16.3 Å². The second-order valence-electron chi connectivity index (χ2n) is 6.77. The summed E-state index contributed by atoms with van der Waals surface area (Å²) in [6.45, 7) is 1.33. The van der Waals surface area contributed by atoms with Gasteiger partial charge in [-0.1, -0.05) is 41.9 Å². The molecule has 1 N–H and O–H groups in total. The number of benzene rings is 2. The van der Waals surface area contributed by atoms with Crippen LogP contribution in [0.3, 0.4) is 0 Å². The molecule has 0 spiro atoms. The highest BCUT2D eigenvalue weighted by Crippen LogP contribution is 2.36. The Morgan fingerprint density at radius 1 is 1.12 bits per heavy atom. The SMILES string of the molecule is COC1(c2ccccc2)CCN(C(=O)c2cc3cc(Cl)ccc3[nH]2)CC1. The summed E-state index contributed by atoms with van der Waals surface area (Å²) in [5.41, 5.74) is 2.39. The van der Waals surface area contributed by atoms with Crippen molar-refractivity contribution in [1.82, 2.24) is 9.88 Å². The number of carbonyl (C=O) groups is 1. The first-order valence-corrected chi connectivity index (χ1v) is 9.17. The van der Waals surface area contributed by atoms with Gasteiger partial charge < -0.3 is 14.6 Å². The summed E-state index contributed by atoms with van der Waals surface area (Å²) in [5.74, 6) is 0.0232. The number of amides is 1. The quantitative estimate of drug-likeness (QED) is 0.734. The molecule has 1 aliphatic rings. The number of hydrogen-bond donors (Lipinski definition) is 1. The zero-order valence-electron chi connectivity index (χ0n) is 14.7. The van der Waals surface area contributed by atoms with E-state index in [1.807, 2.05) is 47.4 Å². The molecule has 2 aromatic carbocycles. The number of piperidine rings is 1. The molecule has 1 saturated heterocycles. The third-order valence-corrected chi connectivity index (χ3v) is 5.60. The second kappa shape index (κ2) is 6.78. The minimum atomic E-state index is -0.313. The van der Waals surface area contributed by atoms with Gasteiger partial charge in [0.15, 0.2) is 0 Å². The van der Waals surface area contributed by atoms with Gasteiger partial charge in [-0.15, -0.1) is 0 Å². The van der Waals surface area contributed by atoms with E-state index in [9.17, 15) is 4.79 Å². The number of hydrogen-bond acceptors (Lipinski definition) is 2. The van der Waals surface area contributed by atoms with Crippen LogP contribution in [0.1, 0.15) is 28.9 Å². The van der Waals surface area contributed by atoms with Crippen LogP contribution >= 0.6 is 11.6 Å². The molecule has 1 amide bonds. The van der Waals surface area contributed by atoms with E-state index in [0.717, 1.165) is 23.7 Å². The predicted octanol–water partition coefficient (Wildman–Crippen LogP) is 4.60. The summed E-state index contributed by atoms with van der Waals surface area (Å²) in [6, 6.07) is 17.7. The molecule has 134 valence electrons. The molecule has 1 aromatic heterocycles. The molecule has 0 radical (unpaired) electrons. The normalized spacial score (nSPS) is 16.8. The monoisotopic (exact) mass is 368 g/mol. The van der Waals surface area contributed by atoms with Gasteiger partial charge in [0.1, 0.15) is 5.69 Å². The lowest BCUT2D eigenvalue weighted by atomic mass is 9.84. The average Bonchev–Trinajstić information content (AvgIpc) is 3.11. The first-order chi connectivity index (χ1) is 12.6. The average molecular weight is 369 g/mol. The van der Waals surface area contributed by atoms with Gasteiger partial charge in [-0.25, -0.2) is 0 Å². The van der Waals surface area contributed by atoms with Crippen molar-refractivity contribution in [1.29, 1.82) is 0 Å². The van der Waals surface area contributed by atoms with Gasteiger partial charge in [-0.3, -0.25) is 4.79 Å². The van der Waals surface area contributed by atoms with Crippen molar-refractivity contribution in [2.75, 3.05) is 20.2 Å². The van der Waals surface area contributed by atoms with Crippen LogP contribution < -0.4 is 0 Å². The minimum Gasteiger partial charge on any atom is -0.373 e. The highest BCUT2D eigenvalue weighted by atomic mass is 35.5. The summed E-state index contributed by atoms with van der Waals surface area (Å²) < 4.78 is 5.90. The van der Waals surface area contributed by atoms with Crippen LogP contribution in [0.25, 0.3) is 10.9 Å². The van der Waals surface area contributed by atoms with Crippen LogP contribution in [-0.2, 0) is 10.3 Å². The van der Waals surface area contributed by atoms with Crippen molar-refractivity contribution in [3.8, 4) is 0 Å². The molecule has 4 rings (SSSR count). The lowest BCUT2D eigenvalue weighted by Crippen LogP contribution is -2.46. The lowest BCUT2D eigenvalue weighted by molar-refractivity contribution is -0.0575. The number of aromatic nitrogens is 1. The highest BCUT2D eigenvalue weighted by Gasteiger charge is 2.37. The fourth-order valence-corrected chi connectivity index (χ4v) is 3.99. The summed E-state index contributed by atoms with van der Waals surface area (Å²) in [5, 5.41) is 1.62. The molecule has 4 nitrogen and oxygen atoms in total. The van der Waals surface area contributed by atoms with E-state index >= 15 is 0 Å². The standard InChI is InChI=1S/C21H21ClN2O2/c1-26-21(16-5-3-2-4-6-16)9-11-24(12-10-21)20(25)19-14-15-13-17(22)7-8-18(15)23-19/h2-8,13-14,23H,9-12H2,1H3. The maximum Gasteiger partial charge on any atom is 0.270 e. The topological polar surface area (TPSA) is 45.3 Å². The third kappa shape index (κ3) is 3.00. The fraction of sp³-hybridized carbons (Fsp3) is 0.286. The van der Waals surface area contributed by atoms with E-state index in [0.29, 0.717) is 23.8 Å². The Bertz CT molecular complexity index is 928. The van der Waals surface area contributed by atoms with Gasteiger partial charge in [-0.2, -0.15) is 0 Å². The molecule has 0 atom stereocenters. The van der Waals surface area contributed by atoms with Gasteiger partial charge in [0.25, 0.3) is 5.91 Å². The zero-order chi connectivity index (χ0) is 18.1. The Kier molecular flexibility index (Phi) is 4.47. The molecule has 5 heteroatoms. The largest absolute Gasteiger partial charge is 0.373 e. The molecule has 3 aromatic rings. The molecule has 1 aliphatic heterocycles. The van der Waals surface area contributed by atoms with Gasteiger partial charge in [0, 0.05) is 36.1 Å². The van der Waals surface area contributed by atoms with Crippen LogP contribution in [-0.4, -0.2) is 36.0 Å². The molecule has 1 fully saturated rings. The summed E-state index contributed by atoms with van der Waals surface area (Å²) >= 11 is 6.04. The highest BCUT2D eigenvalue weighted by molar-refractivity contribution is 6.31. The molecular weight excluding hydrogens is 348 g/mol. The van der Waals surface area contributed by atoms with Crippen molar-refractivity contribution < 1.29 is 9.53 Å². The molecule has 0 saturated carbocycles. The molecular formula is C21H21ClN2O2. The number of aromatic amines is 1. The Hall–Kier alpha value is -2.30. The van der Waals surface area contributed by atoms with Crippen molar-refractivity contribution in [3.05, 3.63) is 70.9 Å². The number of ether oxygens (including phenoxy) is 1. The van der Waals surface area contributed by atoms with Crippen molar-refractivity contribution in [2.24, 2.45) is 0 Å². The number of fused-ring (bicyclic) bond motifs is 1. The summed E-state index contributed by atoms with van der Waals surface area (Å²) in [4.78, 5) is 18.0. The van der Waals surface area contributed by atoms with Crippen LogP contribution in [0, 0.1) is 0 Å². The lowest BCUT2D eigenvalue weighted by Gasteiger charge is -2.41. The number of nitrogens with zero attached hydrogens (tertiary/aromatic N) is 1. The van der Waals surface area contributed by atoms with Gasteiger partial charge in [-0.05, 0) is 42.7 Å². The maximum absolute atomic E-state index is 12.9. The van der Waals surface area contributed by atoms with Crippen molar-refractivity contribution in [2.45, 2.75) is 18.4 Å². The minimum absolute atomic E-state index is 0.0232. The summed E-state index contributed by atoms with van der Waals surface area (Å²) in [7, 11) is 1.76. The van der Waals surface area contributed by atoms with Crippen LogP contribution in [0.5, 0.6) is 0 Å². The second-order valence-corrected chi connectivity index (χ2v) is 7.21. The number of methoxy groups -OCH3 is 1. The van der Waals surface area contributed by atoms with E-state index in [-0.39, 0.29) is 11.5 Å². The van der Waals surface area contributed by atoms with Gasteiger partial charge in [0.05, 0.1) is 5.60 Å². The smallest absolute Gasteiger partial charge is 0.270 e. The molecule has 0 bridgehead atoms. The Morgan fingerprint density at radius 3 is 2.54 bits per heavy atom. The van der Waals surface area contributed by atoms with Crippen LogP contribution in [0.15, 0.2) is 54.6 Å². The van der Waals surface area contributed by atoms with Crippen LogP contribution in [0.4, 0.5) is 0 Å². The van der Waals surface area contributed by atoms with E-state index in [1.165, 1.54) is 5.56 Å². The van der Waals surface area contributed by atoms with E-state index in [2.05, 4.69) is 17.1 Å². The van der Waals surface area contributed by atoms with Crippen molar-refractivity contribution >= 4 is 28.4 Å². The predicted molar refractivity (Wildman–Crippen MR) is 104 cm³/mol. The number of likely N-dealkylation sites (tertiary alicyclic amines) is 1. The van der Waals surface area contributed by atoms with Gasteiger partial charge in [0.2, 0.25) is 0 Å². The number of nitrogens with one attached hydrogen (secondary N) is 1. The maximum atomic E-state index is 12.9. The van der Waals surface area contributed by atoms with Crippen molar-refractivity contribution in [3.63, 3.8) is 0 Å². The van der Waals surface area contributed by atoms with Gasteiger partial charge >= 0.3 is 0 Å². The molecule has 0 unspecified atom stereocenters. The van der Waals surface area contributed by atoms with E-state index in [1.54, 1.807) is 7.11 Å². The number of H-pyrrole nitrogens is 1.